The zero-order valence-electron chi connectivity index (χ0n) is 19.9. The summed E-state index contributed by atoms with van der Waals surface area (Å²) in [5, 5.41) is 20.0. The van der Waals surface area contributed by atoms with Crippen molar-refractivity contribution in [1.29, 1.82) is 5.26 Å². The lowest BCUT2D eigenvalue weighted by Gasteiger charge is -2.46. The molecule has 0 bridgehead atoms. The van der Waals surface area contributed by atoms with Crippen molar-refractivity contribution < 1.29 is 23.5 Å². The molecule has 2 amide bonds. The van der Waals surface area contributed by atoms with Gasteiger partial charge in [-0.15, -0.1) is 0 Å². The number of nitrogens with one attached hydrogen (secondary N) is 1. The van der Waals surface area contributed by atoms with Crippen LogP contribution >= 0.6 is 0 Å². The van der Waals surface area contributed by atoms with Gasteiger partial charge >= 0.3 is 6.09 Å². The van der Waals surface area contributed by atoms with Crippen molar-refractivity contribution in [1.82, 2.24) is 15.1 Å². The Hall–Kier alpha value is -1.99. The van der Waals surface area contributed by atoms with Gasteiger partial charge in [-0.1, -0.05) is 13.3 Å². The fourth-order valence-corrected chi connectivity index (χ4v) is 4.50. The minimum atomic E-state index is -2.97. The van der Waals surface area contributed by atoms with E-state index in [0.29, 0.717) is 25.2 Å². The molecule has 0 aromatic carbocycles. The lowest BCUT2D eigenvalue weighted by atomic mass is 9.71. The van der Waals surface area contributed by atoms with Crippen LogP contribution in [0.5, 0.6) is 0 Å². The van der Waals surface area contributed by atoms with Crippen LogP contribution in [-0.4, -0.2) is 77.1 Å². The summed E-state index contributed by atoms with van der Waals surface area (Å²) >= 11 is 0. The summed E-state index contributed by atoms with van der Waals surface area (Å²) in [6.45, 7) is 8.10. The van der Waals surface area contributed by atoms with Gasteiger partial charge in [0.05, 0.1) is 12.1 Å². The van der Waals surface area contributed by atoms with Crippen LogP contribution in [0, 0.1) is 16.7 Å². The van der Waals surface area contributed by atoms with Crippen LogP contribution in [0.25, 0.3) is 0 Å². The van der Waals surface area contributed by atoms with Crippen LogP contribution in [-0.2, 0) is 4.79 Å². The molecule has 2 aliphatic heterocycles. The van der Waals surface area contributed by atoms with E-state index in [1.807, 2.05) is 6.07 Å². The Bertz CT molecular complexity index is 700. The Morgan fingerprint density at radius 2 is 1.70 bits per heavy atom. The number of carboxylic acid groups (broad SMARTS) is 1. The van der Waals surface area contributed by atoms with Gasteiger partial charge in [0.2, 0.25) is 11.8 Å². The second kappa shape index (κ2) is 11.4. The van der Waals surface area contributed by atoms with Crippen LogP contribution in [0.4, 0.5) is 13.6 Å². The molecular formula is C23H39F2N5O3. The molecule has 33 heavy (non-hydrogen) atoms. The largest absolute Gasteiger partial charge is 0.465 e. The first kappa shape index (κ1) is 27.3. The van der Waals surface area contributed by atoms with Gasteiger partial charge in [-0.3, -0.25) is 4.79 Å². The summed E-state index contributed by atoms with van der Waals surface area (Å²) in [6.07, 6.45) is 6.92. The van der Waals surface area contributed by atoms with Crippen molar-refractivity contribution in [3.05, 3.63) is 0 Å². The SMILES string of the molecule is CC(F)(F)C[C@H](N)C(=O)NC1(C#N)CC1.CCCCN1CCC2(CC1)CCN(C(=O)O)CC2. The van der Waals surface area contributed by atoms with Gasteiger partial charge in [-0.25, -0.2) is 13.6 Å². The zero-order chi connectivity index (χ0) is 24.7. The number of hydrogen-bond donors (Lipinski definition) is 3. The summed E-state index contributed by atoms with van der Waals surface area (Å²) < 4.78 is 25.1. The number of amides is 2. The van der Waals surface area contributed by atoms with Crippen LogP contribution < -0.4 is 11.1 Å². The molecule has 2 saturated heterocycles. The number of nitriles is 1. The highest BCUT2D eigenvalue weighted by Crippen LogP contribution is 2.41. The van der Waals surface area contributed by atoms with Gasteiger partial charge in [-0.05, 0) is 76.9 Å². The topological polar surface area (TPSA) is 123 Å². The third-order valence-corrected chi connectivity index (χ3v) is 7.08. The first-order valence-corrected chi connectivity index (χ1v) is 12.0. The van der Waals surface area contributed by atoms with Gasteiger partial charge in [0.25, 0.3) is 0 Å². The molecule has 0 radical (unpaired) electrons. The predicted octanol–water partition coefficient (Wildman–Crippen LogP) is 3.17. The molecule has 3 fully saturated rings. The average Bonchev–Trinajstić information content (AvgIpc) is 3.53. The first-order chi connectivity index (χ1) is 15.4. The van der Waals surface area contributed by atoms with E-state index in [1.54, 1.807) is 4.90 Å². The standard InChI is InChI=1S/C14H26N2O2.C9H13F2N3O/c1-2-3-8-15-9-4-14(5-10-15)6-11-16(12-7-14)13(17)18;1-8(10,11)4-6(13)7(15)14-9(5-12)2-3-9/h2-12H2,1H3,(H,17,18);6H,2-4,13H2,1H3,(H,14,15)/t;6-/m.0/s1. The monoisotopic (exact) mass is 471 g/mol. The lowest BCUT2D eigenvalue weighted by Crippen LogP contribution is -2.48. The first-order valence-electron chi connectivity index (χ1n) is 12.0. The Morgan fingerprint density at radius 1 is 1.15 bits per heavy atom. The number of likely N-dealkylation sites (tertiary alicyclic amines) is 2. The fraction of sp³-hybridized carbons (Fsp3) is 0.870. The lowest BCUT2D eigenvalue weighted by molar-refractivity contribution is -0.125. The van der Waals surface area contributed by atoms with Crippen molar-refractivity contribution in [3.63, 3.8) is 0 Å². The zero-order valence-corrected chi connectivity index (χ0v) is 19.9. The summed E-state index contributed by atoms with van der Waals surface area (Å²) in [5.41, 5.74) is 4.90. The molecular weight excluding hydrogens is 432 g/mol. The Morgan fingerprint density at radius 3 is 2.12 bits per heavy atom. The van der Waals surface area contributed by atoms with Gasteiger partial charge < -0.3 is 26.0 Å². The second-order valence-electron chi connectivity index (χ2n) is 10.0. The molecule has 1 spiro atoms. The number of carbonyl (C=O) groups excluding carboxylic acids is 1. The Kier molecular flexibility index (Phi) is 9.44. The van der Waals surface area contributed by atoms with Gasteiger partial charge in [-0.2, -0.15) is 5.26 Å². The highest BCUT2D eigenvalue weighted by molar-refractivity contribution is 5.83. The second-order valence-corrected chi connectivity index (χ2v) is 10.0. The van der Waals surface area contributed by atoms with Crippen molar-refractivity contribution in [2.24, 2.45) is 11.1 Å². The van der Waals surface area contributed by atoms with Crippen LogP contribution in [0.3, 0.4) is 0 Å². The number of carbonyl (C=O) groups is 2. The Labute approximate surface area is 195 Å². The van der Waals surface area contributed by atoms with E-state index in [0.717, 1.165) is 25.9 Å². The van der Waals surface area contributed by atoms with E-state index in [1.165, 1.54) is 45.3 Å². The van der Waals surface area contributed by atoms with Gasteiger partial charge in [0.15, 0.2) is 0 Å². The number of halogens is 2. The van der Waals surface area contributed by atoms with E-state index in [4.69, 9.17) is 16.1 Å². The van der Waals surface area contributed by atoms with Gasteiger partial charge in [0, 0.05) is 19.5 Å². The summed E-state index contributed by atoms with van der Waals surface area (Å²) in [7, 11) is 0. The van der Waals surface area contributed by atoms with Gasteiger partial charge in [0.1, 0.15) is 5.54 Å². The normalized spacial score (nSPS) is 22.5. The number of piperidine rings is 2. The third kappa shape index (κ3) is 8.70. The number of nitrogens with zero attached hydrogens (tertiary/aromatic N) is 3. The van der Waals surface area contributed by atoms with E-state index >= 15 is 0 Å². The van der Waals surface area contributed by atoms with E-state index in [9.17, 15) is 18.4 Å². The van der Waals surface area contributed by atoms with Crippen molar-refractivity contribution >= 4 is 12.0 Å². The predicted molar refractivity (Wildman–Crippen MR) is 121 cm³/mol. The van der Waals surface area contributed by atoms with Crippen LogP contribution in [0.1, 0.15) is 71.6 Å². The maximum absolute atomic E-state index is 12.5. The molecule has 8 nitrogen and oxygen atoms in total. The Balaban J connectivity index is 0.000000238. The van der Waals surface area contributed by atoms with Crippen molar-refractivity contribution in [2.45, 2.75) is 89.1 Å². The van der Waals surface area contributed by atoms with E-state index in [2.05, 4.69) is 17.1 Å². The third-order valence-electron chi connectivity index (χ3n) is 7.08. The number of rotatable bonds is 7. The summed E-state index contributed by atoms with van der Waals surface area (Å²) in [6, 6.07) is 0.658. The van der Waals surface area contributed by atoms with E-state index < -0.39 is 35.9 Å². The summed E-state index contributed by atoms with van der Waals surface area (Å²) in [5.74, 6) is -3.66. The van der Waals surface area contributed by atoms with Crippen LogP contribution in [0.2, 0.25) is 0 Å². The highest BCUT2D eigenvalue weighted by atomic mass is 19.3. The molecule has 1 aliphatic carbocycles. The number of hydrogen-bond acceptors (Lipinski definition) is 5. The van der Waals surface area contributed by atoms with Crippen molar-refractivity contribution in [3.8, 4) is 6.07 Å². The summed E-state index contributed by atoms with van der Waals surface area (Å²) in [4.78, 5) is 26.4. The molecule has 0 unspecified atom stereocenters. The molecule has 10 heteroatoms. The molecule has 3 rings (SSSR count). The molecule has 0 aromatic heterocycles. The van der Waals surface area contributed by atoms with Crippen molar-refractivity contribution in [2.75, 3.05) is 32.7 Å². The van der Waals surface area contributed by atoms with E-state index in [-0.39, 0.29) is 0 Å². The quantitative estimate of drug-likeness (QED) is 0.524. The highest BCUT2D eigenvalue weighted by Gasteiger charge is 2.45. The molecule has 4 N–H and O–H groups in total. The maximum Gasteiger partial charge on any atom is 0.407 e. The molecule has 0 aromatic rings. The van der Waals surface area contributed by atoms with Crippen LogP contribution in [0.15, 0.2) is 0 Å². The smallest absolute Gasteiger partial charge is 0.407 e. The minimum Gasteiger partial charge on any atom is -0.465 e. The minimum absolute atomic E-state index is 0.453. The molecule has 3 aliphatic rings. The number of alkyl halides is 2. The number of nitrogens with two attached hydrogens (primary N) is 1. The average molecular weight is 472 g/mol. The maximum atomic E-state index is 12.5. The molecule has 188 valence electrons. The number of unbranched alkanes of at least 4 members (excludes halogenated alkanes) is 1. The molecule has 1 atom stereocenters. The molecule has 1 saturated carbocycles. The fourth-order valence-electron chi connectivity index (χ4n) is 4.50. The molecule has 2 heterocycles.